The number of halogens is 1. The van der Waals surface area contributed by atoms with Crippen molar-refractivity contribution in [1.82, 2.24) is 4.98 Å². The molecule has 1 unspecified atom stereocenters. The Hall–Kier alpha value is -2.27. The molecular formula is C15H16ClN3O2. The minimum absolute atomic E-state index is 0.0803. The predicted molar refractivity (Wildman–Crippen MR) is 83.5 cm³/mol. The van der Waals surface area contributed by atoms with E-state index in [0.717, 1.165) is 5.56 Å². The van der Waals surface area contributed by atoms with E-state index in [1.165, 1.54) is 19.4 Å². The molecule has 0 aliphatic heterocycles. The third-order valence-electron chi connectivity index (χ3n) is 3.02. The number of esters is 1. The number of rotatable bonds is 4. The first-order chi connectivity index (χ1) is 10.0. The zero-order valence-corrected chi connectivity index (χ0v) is 12.5. The van der Waals surface area contributed by atoms with E-state index in [1.807, 2.05) is 25.1 Å². The van der Waals surface area contributed by atoms with Crippen molar-refractivity contribution in [3.05, 3.63) is 52.7 Å². The largest absolute Gasteiger partial charge is 0.465 e. The summed E-state index contributed by atoms with van der Waals surface area (Å²) < 4.78 is 4.74. The number of carbonyl (C=O) groups is 1. The first-order valence-corrected chi connectivity index (χ1v) is 6.75. The lowest BCUT2D eigenvalue weighted by Gasteiger charge is -2.17. The Morgan fingerprint density at radius 3 is 2.86 bits per heavy atom. The van der Waals surface area contributed by atoms with Crippen LogP contribution in [0, 0.1) is 0 Å². The molecule has 0 amide bonds. The SMILES string of the molecule is COC(=O)c1cc(N)cnc1NC(C)c1cccc(Cl)c1. The van der Waals surface area contributed by atoms with Gasteiger partial charge in [-0.25, -0.2) is 9.78 Å². The number of nitrogens with two attached hydrogens (primary N) is 1. The molecule has 0 radical (unpaired) electrons. The monoisotopic (exact) mass is 305 g/mol. The van der Waals surface area contributed by atoms with Gasteiger partial charge in [-0.3, -0.25) is 0 Å². The van der Waals surface area contributed by atoms with Gasteiger partial charge in [-0.05, 0) is 30.7 Å². The molecule has 110 valence electrons. The molecule has 1 atom stereocenters. The predicted octanol–water partition coefficient (Wildman–Crippen LogP) is 3.28. The van der Waals surface area contributed by atoms with Crippen LogP contribution in [0.25, 0.3) is 0 Å². The molecule has 6 heteroatoms. The first-order valence-electron chi connectivity index (χ1n) is 6.37. The van der Waals surface area contributed by atoms with Crippen molar-refractivity contribution in [2.45, 2.75) is 13.0 Å². The second kappa shape index (κ2) is 6.45. The van der Waals surface area contributed by atoms with E-state index < -0.39 is 5.97 Å². The minimum atomic E-state index is -0.490. The number of hydrogen-bond acceptors (Lipinski definition) is 5. The standard InChI is InChI=1S/C15H16ClN3O2/c1-9(10-4-3-5-11(16)6-10)19-14-13(15(20)21-2)7-12(17)8-18-14/h3-9H,17H2,1-2H3,(H,18,19). The van der Waals surface area contributed by atoms with Gasteiger partial charge in [0.25, 0.3) is 0 Å². The number of nitrogen functional groups attached to an aromatic ring is 1. The molecule has 3 N–H and O–H groups in total. The summed E-state index contributed by atoms with van der Waals surface area (Å²) in [6.07, 6.45) is 1.49. The second-order valence-corrected chi connectivity index (χ2v) is 5.01. The quantitative estimate of drug-likeness (QED) is 0.848. The molecule has 1 aromatic heterocycles. The lowest BCUT2D eigenvalue weighted by Crippen LogP contribution is -2.13. The fourth-order valence-corrected chi connectivity index (χ4v) is 2.12. The summed E-state index contributed by atoms with van der Waals surface area (Å²) in [6, 6.07) is 8.93. The Kier molecular flexibility index (Phi) is 4.65. The number of nitrogens with zero attached hydrogens (tertiary/aromatic N) is 1. The van der Waals surface area contributed by atoms with Crippen LogP contribution >= 0.6 is 11.6 Å². The molecule has 5 nitrogen and oxygen atoms in total. The van der Waals surface area contributed by atoms with Crippen molar-refractivity contribution in [1.29, 1.82) is 0 Å². The van der Waals surface area contributed by atoms with E-state index in [0.29, 0.717) is 22.1 Å². The van der Waals surface area contributed by atoms with Crippen molar-refractivity contribution in [3.8, 4) is 0 Å². The smallest absolute Gasteiger partial charge is 0.341 e. The summed E-state index contributed by atoms with van der Waals surface area (Å²) in [6.45, 7) is 1.95. The minimum Gasteiger partial charge on any atom is -0.465 e. The van der Waals surface area contributed by atoms with Gasteiger partial charge in [0.1, 0.15) is 11.4 Å². The van der Waals surface area contributed by atoms with Crippen molar-refractivity contribution in [3.63, 3.8) is 0 Å². The number of methoxy groups -OCH3 is 1. The summed E-state index contributed by atoms with van der Waals surface area (Å²) in [4.78, 5) is 15.9. The highest BCUT2D eigenvalue weighted by molar-refractivity contribution is 6.30. The molecule has 2 aromatic rings. The Morgan fingerprint density at radius 2 is 2.19 bits per heavy atom. The number of carbonyl (C=O) groups excluding carboxylic acids is 1. The molecule has 0 fully saturated rings. The van der Waals surface area contributed by atoms with Crippen LogP contribution in [0.4, 0.5) is 11.5 Å². The van der Waals surface area contributed by atoms with Crippen LogP contribution in [0.5, 0.6) is 0 Å². The van der Waals surface area contributed by atoms with E-state index in [4.69, 9.17) is 22.1 Å². The molecule has 21 heavy (non-hydrogen) atoms. The van der Waals surface area contributed by atoms with Crippen LogP contribution in [0.3, 0.4) is 0 Å². The molecule has 0 spiro atoms. The lowest BCUT2D eigenvalue weighted by atomic mass is 10.1. The normalized spacial score (nSPS) is 11.8. The summed E-state index contributed by atoms with van der Waals surface area (Å²) in [5, 5.41) is 3.82. The number of pyridine rings is 1. The molecule has 1 heterocycles. The van der Waals surface area contributed by atoms with E-state index in [-0.39, 0.29) is 6.04 Å². The van der Waals surface area contributed by atoms with Crippen LogP contribution < -0.4 is 11.1 Å². The Morgan fingerprint density at radius 1 is 1.43 bits per heavy atom. The van der Waals surface area contributed by atoms with E-state index in [9.17, 15) is 4.79 Å². The molecule has 0 bridgehead atoms. The van der Waals surface area contributed by atoms with Gasteiger partial charge < -0.3 is 15.8 Å². The number of ether oxygens (including phenoxy) is 1. The maximum Gasteiger partial charge on any atom is 0.341 e. The fraction of sp³-hybridized carbons (Fsp3) is 0.200. The van der Waals surface area contributed by atoms with Crippen molar-refractivity contribution < 1.29 is 9.53 Å². The zero-order valence-electron chi connectivity index (χ0n) is 11.8. The molecule has 0 saturated carbocycles. The van der Waals surface area contributed by atoms with Crippen LogP contribution in [-0.2, 0) is 4.74 Å². The van der Waals surface area contributed by atoms with Crippen molar-refractivity contribution >= 4 is 29.1 Å². The van der Waals surface area contributed by atoms with Crippen LogP contribution in [-0.4, -0.2) is 18.1 Å². The number of anilines is 2. The summed E-state index contributed by atoms with van der Waals surface area (Å²) in [7, 11) is 1.32. The molecule has 1 aromatic carbocycles. The summed E-state index contributed by atoms with van der Waals surface area (Å²) >= 11 is 5.98. The lowest BCUT2D eigenvalue weighted by molar-refractivity contribution is 0.0601. The van der Waals surface area contributed by atoms with E-state index in [1.54, 1.807) is 6.07 Å². The fourth-order valence-electron chi connectivity index (χ4n) is 1.93. The van der Waals surface area contributed by atoms with Gasteiger partial charge in [-0.2, -0.15) is 0 Å². The number of nitrogens with one attached hydrogen (secondary N) is 1. The van der Waals surface area contributed by atoms with Gasteiger partial charge in [-0.1, -0.05) is 23.7 Å². The molecule has 0 aliphatic rings. The highest BCUT2D eigenvalue weighted by Gasteiger charge is 2.16. The molecule has 0 aliphatic carbocycles. The Balaban J connectivity index is 2.28. The maximum atomic E-state index is 11.8. The van der Waals surface area contributed by atoms with Gasteiger partial charge in [0.15, 0.2) is 0 Å². The van der Waals surface area contributed by atoms with Crippen LogP contribution in [0.15, 0.2) is 36.5 Å². The zero-order chi connectivity index (χ0) is 15.4. The average molecular weight is 306 g/mol. The van der Waals surface area contributed by atoms with E-state index in [2.05, 4.69) is 10.3 Å². The van der Waals surface area contributed by atoms with Crippen LogP contribution in [0.1, 0.15) is 28.9 Å². The van der Waals surface area contributed by atoms with E-state index >= 15 is 0 Å². The van der Waals surface area contributed by atoms with Gasteiger partial charge in [0.2, 0.25) is 0 Å². The third kappa shape index (κ3) is 3.64. The number of aromatic nitrogens is 1. The summed E-state index contributed by atoms with van der Waals surface area (Å²) in [5.41, 5.74) is 7.35. The molecule has 2 rings (SSSR count). The topological polar surface area (TPSA) is 77.2 Å². The van der Waals surface area contributed by atoms with Crippen molar-refractivity contribution in [2.24, 2.45) is 0 Å². The highest BCUT2D eigenvalue weighted by atomic mass is 35.5. The number of benzene rings is 1. The average Bonchev–Trinajstić information content (AvgIpc) is 2.48. The van der Waals surface area contributed by atoms with Gasteiger partial charge in [0, 0.05) is 5.02 Å². The summed E-state index contributed by atoms with van der Waals surface area (Å²) in [5.74, 6) is -0.0703. The maximum absolute atomic E-state index is 11.8. The Labute approximate surface area is 128 Å². The van der Waals surface area contributed by atoms with Gasteiger partial charge in [0.05, 0.1) is 25.0 Å². The Bertz CT molecular complexity index is 661. The highest BCUT2D eigenvalue weighted by Crippen LogP contribution is 2.24. The van der Waals surface area contributed by atoms with Gasteiger partial charge >= 0.3 is 5.97 Å². The van der Waals surface area contributed by atoms with Crippen molar-refractivity contribution in [2.75, 3.05) is 18.2 Å². The number of hydrogen-bond donors (Lipinski definition) is 2. The first kappa shape index (κ1) is 15.1. The van der Waals surface area contributed by atoms with Gasteiger partial charge in [-0.15, -0.1) is 0 Å². The molecule has 0 saturated heterocycles. The third-order valence-corrected chi connectivity index (χ3v) is 3.25. The molecular weight excluding hydrogens is 290 g/mol. The second-order valence-electron chi connectivity index (χ2n) is 4.58. The van der Waals surface area contributed by atoms with Crippen LogP contribution in [0.2, 0.25) is 5.02 Å².